The molecule has 14 heavy (non-hydrogen) atoms. The van der Waals surface area contributed by atoms with Crippen molar-refractivity contribution in [3.05, 3.63) is 0 Å². The molecule has 84 valence electrons. The van der Waals surface area contributed by atoms with E-state index in [2.05, 4.69) is 0 Å². The van der Waals surface area contributed by atoms with E-state index >= 15 is 0 Å². The first kappa shape index (κ1) is 13.4. The third kappa shape index (κ3) is 5.94. The lowest BCUT2D eigenvalue weighted by molar-refractivity contribution is -0.211. The number of esters is 1. The topological polar surface area (TPSA) is 44.8 Å². The third-order valence-electron chi connectivity index (χ3n) is 1.27. The Labute approximate surface area is 85.5 Å². The van der Waals surface area contributed by atoms with Crippen LogP contribution in [-0.4, -0.2) is 31.1 Å². The SMILES string of the molecule is CCOC(=O)C(OC(C)C)OC(C)C. The summed E-state index contributed by atoms with van der Waals surface area (Å²) in [6.45, 7) is 9.45. The maximum absolute atomic E-state index is 11.3. The summed E-state index contributed by atoms with van der Waals surface area (Å²) in [6.07, 6.45) is -1.04. The van der Waals surface area contributed by atoms with E-state index in [-0.39, 0.29) is 12.2 Å². The van der Waals surface area contributed by atoms with Gasteiger partial charge in [-0.15, -0.1) is 0 Å². The Hall–Kier alpha value is -0.610. The second-order valence-corrected chi connectivity index (χ2v) is 3.45. The van der Waals surface area contributed by atoms with Gasteiger partial charge in [0.05, 0.1) is 18.8 Å². The van der Waals surface area contributed by atoms with Crippen molar-refractivity contribution in [3.8, 4) is 0 Å². The maximum Gasteiger partial charge on any atom is 0.363 e. The second kappa shape index (κ2) is 6.79. The summed E-state index contributed by atoms with van der Waals surface area (Å²) >= 11 is 0. The van der Waals surface area contributed by atoms with Crippen molar-refractivity contribution in [2.24, 2.45) is 0 Å². The highest BCUT2D eigenvalue weighted by molar-refractivity contribution is 5.73. The van der Waals surface area contributed by atoms with E-state index in [4.69, 9.17) is 14.2 Å². The first-order valence-electron chi connectivity index (χ1n) is 4.94. The highest BCUT2D eigenvalue weighted by atomic mass is 16.7. The van der Waals surface area contributed by atoms with E-state index in [1.807, 2.05) is 27.7 Å². The van der Waals surface area contributed by atoms with Crippen LogP contribution in [0.3, 0.4) is 0 Å². The largest absolute Gasteiger partial charge is 0.462 e. The van der Waals surface area contributed by atoms with Gasteiger partial charge >= 0.3 is 5.97 Å². The second-order valence-electron chi connectivity index (χ2n) is 3.45. The summed E-state index contributed by atoms with van der Waals surface area (Å²) in [4.78, 5) is 11.3. The Balaban J connectivity index is 4.15. The number of hydrogen-bond acceptors (Lipinski definition) is 4. The normalized spacial score (nSPS) is 11.4. The molecular weight excluding hydrogens is 184 g/mol. The zero-order valence-corrected chi connectivity index (χ0v) is 9.57. The Morgan fingerprint density at radius 1 is 1.07 bits per heavy atom. The molecule has 0 saturated heterocycles. The molecule has 0 rings (SSSR count). The van der Waals surface area contributed by atoms with Crippen molar-refractivity contribution >= 4 is 5.97 Å². The fourth-order valence-corrected chi connectivity index (χ4v) is 0.848. The molecule has 0 aromatic rings. The molecule has 0 heterocycles. The lowest BCUT2D eigenvalue weighted by atomic mass is 10.4. The molecule has 0 aromatic heterocycles. The van der Waals surface area contributed by atoms with Crippen LogP contribution < -0.4 is 0 Å². The lowest BCUT2D eigenvalue weighted by Gasteiger charge is -2.20. The number of carbonyl (C=O) groups excluding carboxylic acids is 1. The van der Waals surface area contributed by atoms with E-state index in [1.54, 1.807) is 6.92 Å². The van der Waals surface area contributed by atoms with Crippen molar-refractivity contribution in [1.82, 2.24) is 0 Å². The molecule has 0 radical (unpaired) electrons. The standard InChI is InChI=1S/C10H20O4/c1-6-12-9(11)10(13-7(2)3)14-8(4)5/h7-8,10H,6H2,1-5H3. The quantitative estimate of drug-likeness (QED) is 0.488. The van der Waals surface area contributed by atoms with Gasteiger partial charge in [0, 0.05) is 0 Å². The molecule has 4 heteroatoms. The van der Waals surface area contributed by atoms with Crippen LogP contribution in [0.15, 0.2) is 0 Å². The Morgan fingerprint density at radius 3 is 1.79 bits per heavy atom. The van der Waals surface area contributed by atoms with Gasteiger partial charge in [-0.25, -0.2) is 4.79 Å². The van der Waals surface area contributed by atoms with Crippen molar-refractivity contribution in [2.75, 3.05) is 6.61 Å². The molecule has 0 fully saturated rings. The van der Waals surface area contributed by atoms with Gasteiger partial charge in [-0.05, 0) is 34.6 Å². The molecule has 0 amide bonds. The van der Waals surface area contributed by atoms with Crippen LogP contribution in [0, 0.1) is 0 Å². The van der Waals surface area contributed by atoms with E-state index in [0.29, 0.717) is 6.61 Å². The molecule has 0 aromatic carbocycles. The summed E-state index contributed by atoms with van der Waals surface area (Å²) in [5.41, 5.74) is 0. The average molecular weight is 204 g/mol. The molecule has 0 unspecified atom stereocenters. The minimum absolute atomic E-state index is 0.0665. The van der Waals surface area contributed by atoms with Gasteiger partial charge < -0.3 is 14.2 Å². The van der Waals surface area contributed by atoms with E-state index < -0.39 is 12.3 Å². The van der Waals surface area contributed by atoms with Gasteiger partial charge in [0.15, 0.2) is 0 Å². The summed E-state index contributed by atoms with van der Waals surface area (Å²) < 4.78 is 15.4. The van der Waals surface area contributed by atoms with E-state index in [9.17, 15) is 4.79 Å². The van der Waals surface area contributed by atoms with Crippen LogP contribution >= 0.6 is 0 Å². The van der Waals surface area contributed by atoms with E-state index in [0.717, 1.165) is 0 Å². The highest BCUT2D eigenvalue weighted by Crippen LogP contribution is 2.05. The number of carbonyl (C=O) groups is 1. The molecule has 0 N–H and O–H groups in total. The summed E-state index contributed by atoms with van der Waals surface area (Å²) in [6, 6.07) is 0. The predicted molar refractivity (Wildman–Crippen MR) is 52.9 cm³/mol. The highest BCUT2D eigenvalue weighted by Gasteiger charge is 2.23. The minimum atomic E-state index is -0.907. The Morgan fingerprint density at radius 2 is 1.50 bits per heavy atom. The molecule has 0 spiro atoms. The van der Waals surface area contributed by atoms with Gasteiger partial charge in [0.25, 0.3) is 6.29 Å². The average Bonchev–Trinajstić information content (AvgIpc) is 2.01. The monoisotopic (exact) mass is 204 g/mol. The summed E-state index contributed by atoms with van der Waals surface area (Å²) in [5, 5.41) is 0. The van der Waals surface area contributed by atoms with Crippen LogP contribution in [-0.2, 0) is 19.0 Å². The minimum Gasteiger partial charge on any atom is -0.462 e. The van der Waals surface area contributed by atoms with Crippen LogP contribution in [0.1, 0.15) is 34.6 Å². The number of rotatable bonds is 6. The van der Waals surface area contributed by atoms with E-state index in [1.165, 1.54) is 0 Å². The lowest BCUT2D eigenvalue weighted by Crippen LogP contribution is -2.33. The Kier molecular flexibility index (Phi) is 6.49. The number of ether oxygens (including phenoxy) is 3. The zero-order valence-electron chi connectivity index (χ0n) is 9.57. The van der Waals surface area contributed by atoms with Gasteiger partial charge in [-0.2, -0.15) is 0 Å². The molecule has 0 aliphatic rings. The summed E-state index contributed by atoms with van der Waals surface area (Å²) in [7, 11) is 0. The fraction of sp³-hybridized carbons (Fsp3) is 0.900. The van der Waals surface area contributed by atoms with Gasteiger partial charge in [0.2, 0.25) is 0 Å². The van der Waals surface area contributed by atoms with Crippen LogP contribution in [0.5, 0.6) is 0 Å². The smallest absolute Gasteiger partial charge is 0.363 e. The third-order valence-corrected chi connectivity index (χ3v) is 1.27. The first-order chi connectivity index (χ1) is 6.47. The van der Waals surface area contributed by atoms with Gasteiger partial charge in [-0.1, -0.05) is 0 Å². The van der Waals surface area contributed by atoms with Crippen molar-refractivity contribution in [1.29, 1.82) is 0 Å². The van der Waals surface area contributed by atoms with Crippen LogP contribution in [0.4, 0.5) is 0 Å². The van der Waals surface area contributed by atoms with Crippen molar-refractivity contribution < 1.29 is 19.0 Å². The van der Waals surface area contributed by atoms with Crippen LogP contribution in [0.25, 0.3) is 0 Å². The molecule has 4 nitrogen and oxygen atoms in total. The molecule has 0 saturated carbocycles. The maximum atomic E-state index is 11.3. The van der Waals surface area contributed by atoms with Crippen molar-refractivity contribution in [2.45, 2.75) is 53.1 Å². The zero-order chi connectivity index (χ0) is 11.1. The molecule has 0 aliphatic heterocycles. The predicted octanol–water partition coefficient (Wildman–Crippen LogP) is 1.73. The van der Waals surface area contributed by atoms with Crippen molar-refractivity contribution in [3.63, 3.8) is 0 Å². The van der Waals surface area contributed by atoms with Gasteiger partial charge in [-0.3, -0.25) is 0 Å². The molecular formula is C10H20O4. The van der Waals surface area contributed by atoms with Crippen LogP contribution in [0.2, 0.25) is 0 Å². The van der Waals surface area contributed by atoms with Gasteiger partial charge in [0.1, 0.15) is 0 Å². The first-order valence-corrected chi connectivity index (χ1v) is 4.94. The molecule has 0 aliphatic carbocycles. The fourth-order valence-electron chi connectivity index (χ4n) is 0.848. The Bertz CT molecular complexity index is 156. The molecule has 0 bridgehead atoms. The number of hydrogen-bond donors (Lipinski definition) is 0. The summed E-state index contributed by atoms with van der Waals surface area (Å²) in [5.74, 6) is -0.463. The molecule has 0 atom stereocenters.